The first-order valence-electron chi connectivity index (χ1n) is 9.11. The fourth-order valence-corrected chi connectivity index (χ4v) is 4.60. The van der Waals surface area contributed by atoms with Gasteiger partial charge in [0.25, 0.3) is 5.91 Å². The highest BCUT2D eigenvalue weighted by Crippen LogP contribution is 2.33. The highest BCUT2D eigenvalue weighted by molar-refractivity contribution is 7.14. The van der Waals surface area contributed by atoms with E-state index in [1.54, 1.807) is 0 Å². The van der Waals surface area contributed by atoms with Gasteiger partial charge in [0.05, 0.1) is 0 Å². The van der Waals surface area contributed by atoms with Gasteiger partial charge in [-0.05, 0) is 73.9 Å². The number of esters is 1. The molecule has 0 aliphatic heterocycles. The van der Waals surface area contributed by atoms with E-state index in [0.29, 0.717) is 10.8 Å². The molecular formula is C21H25NO3S. The second-order valence-corrected chi connectivity index (χ2v) is 8.21. The van der Waals surface area contributed by atoms with Gasteiger partial charge >= 0.3 is 5.97 Å². The Hall–Kier alpha value is -2.14. The van der Waals surface area contributed by atoms with Gasteiger partial charge in [-0.2, -0.15) is 0 Å². The van der Waals surface area contributed by atoms with E-state index in [0.717, 1.165) is 29.7 Å². The number of benzene rings is 1. The molecule has 0 saturated carbocycles. The third-order valence-corrected chi connectivity index (χ3v) is 6.02. The van der Waals surface area contributed by atoms with Gasteiger partial charge in [0.1, 0.15) is 4.88 Å². The average Bonchev–Trinajstić information content (AvgIpc) is 3.01. The lowest BCUT2D eigenvalue weighted by atomic mass is 9.87. The molecule has 5 heteroatoms. The zero-order chi connectivity index (χ0) is 18.7. The molecule has 138 valence electrons. The van der Waals surface area contributed by atoms with Crippen molar-refractivity contribution in [3.05, 3.63) is 50.7 Å². The van der Waals surface area contributed by atoms with E-state index in [4.69, 9.17) is 4.74 Å². The molecule has 1 N–H and O–H groups in total. The van der Waals surface area contributed by atoms with Gasteiger partial charge in [0, 0.05) is 10.6 Å². The van der Waals surface area contributed by atoms with Crippen molar-refractivity contribution >= 4 is 28.9 Å². The number of hydrogen-bond donors (Lipinski definition) is 1. The number of amides is 1. The Kier molecular flexibility index (Phi) is 5.77. The Morgan fingerprint density at radius 2 is 1.92 bits per heavy atom. The summed E-state index contributed by atoms with van der Waals surface area (Å²) >= 11 is 1.51. The van der Waals surface area contributed by atoms with Gasteiger partial charge in [-0.1, -0.05) is 19.4 Å². The van der Waals surface area contributed by atoms with Crippen LogP contribution in [0.2, 0.25) is 0 Å². The molecule has 1 heterocycles. The largest absolute Gasteiger partial charge is 0.451 e. The Morgan fingerprint density at radius 1 is 1.19 bits per heavy atom. The zero-order valence-electron chi connectivity index (χ0n) is 15.6. The molecule has 0 bridgehead atoms. The lowest BCUT2D eigenvalue weighted by Crippen LogP contribution is -2.20. The minimum absolute atomic E-state index is 0.272. The summed E-state index contributed by atoms with van der Waals surface area (Å²) < 4.78 is 5.21. The number of anilines is 1. The number of fused-ring (bicyclic) bond motifs is 1. The maximum Gasteiger partial charge on any atom is 0.348 e. The van der Waals surface area contributed by atoms with Crippen LogP contribution >= 0.6 is 11.3 Å². The molecule has 1 amide bonds. The van der Waals surface area contributed by atoms with Crippen LogP contribution < -0.4 is 5.32 Å². The highest BCUT2D eigenvalue weighted by Gasteiger charge is 2.23. The second kappa shape index (κ2) is 8.04. The van der Waals surface area contributed by atoms with Gasteiger partial charge in [-0.3, -0.25) is 4.79 Å². The number of rotatable bonds is 5. The van der Waals surface area contributed by atoms with Crippen LogP contribution in [0.4, 0.5) is 5.69 Å². The Morgan fingerprint density at radius 3 is 2.62 bits per heavy atom. The van der Waals surface area contributed by atoms with Crippen LogP contribution in [0, 0.1) is 19.8 Å². The topological polar surface area (TPSA) is 55.4 Å². The van der Waals surface area contributed by atoms with E-state index in [-0.39, 0.29) is 12.5 Å². The normalized spacial score (nSPS) is 16.0. The number of ether oxygens (including phenoxy) is 1. The fraction of sp³-hybridized carbons (Fsp3) is 0.429. The Balaban J connectivity index is 1.55. The van der Waals surface area contributed by atoms with Crippen molar-refractivity contribution in [3.63, 3.8) is 0 Å². The molecule has 0 radical (unpaired) electrons. The quantitative estimate of drug-likeness (QED) is 0.777. The molecule has 4 nitrogen and oxygen atoms in total. The lowest BCUT2D eigenvalue weighted by molar-refractivity contribution is -0.119. The van der Waals surface area contributed by atoms with Crippen LogP contribution in [0.15, 0.2) is 24.3 Å². The molecule has 0 spiro atoms. The van der Waals surface area contributed by atoms with E-state index in [1.165, 1.54) is 34.6 Å². The van der Waals surface area contributed by atoms with E-state index >= 15 is 0 Å². The lowest BCUT2D eigenvalue weighted by Gasteiger charge is -2.19. The minimum atomic E-state index is -0.409. The van der Waals surface area contributed by atoms with Crippen molar-refractivity contribution in [3.8, 4) is 0 Å². The van der Waals surface area contributed by atoms with Crippen molar-refractivity contribution in [2.45, 2.75) is 46.5 Å². The summed E-state index contributed by atoms with van der Waals surface area (Å²) in [5, 5.41) is 2.78. The first-order chi connectivity index (χ1) is 12.4. The first kappa shape index (κ1) is 18.6. The molecule has 1 atom stereocenters. The maximum absolute atomic E-state index is 12.3. The van der Waals surface area contributed by atoms with Crippen molar-refractivity contribution in [2.75, 3.05) is 11.9 Å². The van der Waals surface area contributed by atoms with Crippen molar-refractivity contribution in [1.29, 1.82) is 0 Å². The number of thiophene rings is 1. The van der Waals surface area contributed by atoms with Crippen LogP contribution in [-0.4, -0.2) is 18.5 Å². The highest BCUT2D eigenvalue weighted by atomic mass is 32.1. The fourth-order valence-electron chi connectivity index (χ4n) is 3.49. The van der Waals surface area contributed by atoms with Crippen LogP contribution in [0.1, 0.15) is 51.0 Å². The Labute approximate surface area is 158 Å². The molecule has 1 aliphatic carbocycles. The average molecular weight is 372 g/mol. The van der Waals surface area contributed by atoms with E-state index in [2.05, 4.69) is 12.2 Å². The molecule has 0 fully saturated rings. The van der Waals surface area contributed by atoms with E-state index in [1.807, 2.05) is 38.1 Å². The van der Waals surface area contributed by atoms with Crippen LogP contribution in [-0.2, 0) is 22.4 Å². The van der Waals surface area contributed by atoms with Crippen LogP contribution in [0.25, 0.3) is 0 Å². The predicted molar refractivity (Wildman–Crippen MR) is 105 cm³/mol. The molecule has 3 rings (SSSR count). The molecule has 0 saturated heterocycles. The number of carbonyl (C=O) groups excluding carboxylic acids is 2. The maximum atomic E-state index is 12.3. The zero-order valence-corrected chi connectivity index (χ0v) is 16.4. The smallest absolute Gasteiger partial charge is 0.348 e. The van der Waals surface area contributed by atoms with Gasteiger partial charge in [-0.25, -0.2) is 4.79 Å². The summed E-state index contributed by atoms with van der Waals surface area (Å²) in [4.78, 5) is 26.2. The molecule has 2 aromatic rings. The van der Waals surface area contributed by atoms with Crippen LogP contribution in [0.5, 0.6) is 0 Å². The summed E-state index contributed by atoms with van der Waals surface area (Å²) in [5.41, 5.74) is 4.15. The number of nitrogens with one attached hydrogen (secondary N) is 1. The first-order valence-corrected chi connectivity index (χ1v) is 9.93. The summed E-state index contributed by atoms with van der Waals surface area (Å²) in [6.45, 7) is 5.90. The number of hydrogen-bond acceptors (Lipinski definition) is 4. The van der Waals surface area contributed by atoms with Gasteiger partial charge < -0.3 is 10.1 Å². The summed E-state index contributed by atoms with van der Waals surface area (Å²) in [7, 11) is 0. The van der Waals surface area contributed by atoms with Crippen molar-refractivity contribution in [1.82, 2.24) is 0 Å². The minimum Gasteiger partial charge on any atom is -0.451 e. The summed E-state index contributed by atoms with van der Waals surface area (Å²) in [6.07, 6.45) is 4.45. The second-order valence-electron chi connectivity index (χ2n) is 7.08. The van der Waals surface area contributed by atoms with E-state index in [9.17, 15) is 9.59 Å². The third kappa shape index (κ3) is 4.52. The van der Waals surface area contributed by atoms with E-state index < -0.39 is 5.97 Å². The van der Waals surface area contributed by atoms with Gasteiger partial charge in [0.15, 0.2) is 6.61 Å². The monoisotopic (exact) mass is 371 g/mol. The van der Waals surface area contributed by atoms with Crippen molar-refractivity contribution in [2.24, 2.45) is 5.92 Å². The predicted octanol–water partition coefficient (Wildman–Crippen LogP) is 4.68. The summed E-state index contributed by atoms with van der Waals surface area (Å²) in [5.74, 6) is -0.0201. The third-order valence-electron chi connectivity index (χ3n) is 4.80. The molecule has 26 heavy (non-hydrogen) atoms. The number of carbonyl (C=O) groups is 2. The Bertz CT molecular complexity index is 804. The molecular weight excluding hydrogens is 346 g/mol. The molecule has 0 unspecified atom stereocenters. The molecule has 1 aromatic heterocycles. The molecule has 1 aliphatic rings. The standard InChI is InChI=1S/C21H25NO3S/c1-4-15-5-6-18-16(10-15)11-19(26-18)21(24)25-12-20(23)22-17-8-13(2)7-14(3)9-17/h7-9,11,15H,4-6,10,12H2,1-3H3,(H,22,23)/t15-/m0/s1. The van der Waals surface area contributed by atoms with Crippen LogP contribution in [0.3, 0.4) is 0 Å². The summed E-state index contributed by atoms with van der Waals surface area (Å²) in [6, 6.07) is 7.78. The number of aryl methyl sites for hydroxylation is 3. The molecule has 1 aromatic carbocycles. The SMILES string of the molecule is CC[C@H]1CCc2sc(C(=O)OCC(=O)Nc3cc(C)cc(C)c3)cc2C1. The van der Waals surface area contributed by atoms with Gasteiger partial charge in [-0.15, -0.1) is 11.3 Å². The van der Waals surface area contributed by atoms with Gasteiger partial charge in [0.2, 0.25) is 0 Å². The van der Waals surface area contributed by atoms with Crippen molar-refractivity contribution < 1.29 is 14.3 Å².